The van der Waals surface area contributed by atoms with Crippen LogP contribution in [-0.2, 0) is 0 Å². The van der Waals surface area contributed by atoms with Gasteiger partial charge in [0.2, 0.25) is 0 Å². The van der Waals surface area contributed by atoms with E-state index in [1.165, 1.54) is 19.3 Å². The lowest BCUT2D eigenvalue weighted by atomic mass is 10.1. The number of pyridine rings is 1. The first kappa shape index (κ1) is 13.8. The summed E-state index contributed by atoms with van der Waals surface area (Å²) in [4.78, 5) is 19.1. The second-order valence-electron chi connectivity index (χ2n) is 5.39. The molecule has 1 saturated heterocycles. The van der Waals surface area contributed by atoms with Gasteiger partial charge < -0.3 is 4.90 Å². The molecule has 0 bridgehead atoms. The van der Waals surface area contributed by atoms with Gasteiger partial charge in [0.25, 0.3) is 5.91 Å². The lowest BCUT2D eigenvalue weighted by Crippen LogP contribution is -2.34. The molecule has 3 rings (SSSR count). The molecule has 1 amide bonds. The van der Waals surface area contributed by atoms with E-state index >= 15 is 0 Å². The Hall–Kier alpha value is -2.17. The van der Waals surface area contributed by atoms with E-state index in [4.69, 9.17) is 0 Å². The predicted octanol–water partition coefficient (Wildman–Crippen LogP) is 2.67. The van der Waals surface area contributed by atoms with Crippen LogP contribution in [0.15, 0.2) is 36.8 Å². The largest absolute Gasteiger partial charge is 0.339 e. The van der Waals surface area contributed by atoms with E-state index in [-0.39, 0.29) is 5.91 Å². The molecule has 0 radical (unpaired) electrons. The molecule has 0 spiro atoms. The molecule has 0 N–H and O–H groups in total. The van der Waals surface area contributed by atoms with Crippen molar-refractivity contribution in [3.8, 4) is 5.82 Å². The van der Waals surface area contributed by atoms with E-state index in [1.54, 1.807) is 17.1 Å². The van der Waals surface area contributed by atoms with Crippen molar-refractivity contribution in [3.05, 3.63) is 42.4 Å². The highest BCUT2D eigenvalue weighted by molar-refractivity contribution is 5.97. The topological polar surface area (TPSA) is 51.0 Å². The summed E-state index contributed by atoms with van der Waals surface area (Å²) >= 11 is 0. The summed E-state index contributed by atoms with van der Waals surface area (Å²) in [5.41, 5.74) is 0.627. The van der Waals surface area contributed by atoms with Gasteiger partial charge in [0.05, 0.1) is 5.56 Å². The maximum absolute atomic E-state index is 12.8. The zero-order valence-electron chi connectivity index (χ0n) is 12.1. The smallest absolute Gasteiger partial charge is 0.257 e. The summed E-state index contributed by atoms with van der Waals surface area (Å²) in [7, 11) is 0. The quantitative estimate of drug-likeness (QED) is 0.852. The summed E-state index contributed by atoms with van der Waals surface area (Å²) in [5.74, 6) is 0.671. The molecule has 21 heavy (non-hydrogen) atoms. The molecule has 3 heterocycles. The van der Waals surface area contributed by atoms with Crippen molar-refractivity contribution in [2.75, 3.05) is 13.1 Å². The molecule has 1 aliphatic rings. The Balaban J connectivity index is 1.87. The minimum atomic E-state index is 0.0653. The number of hydrogen-bond donors (Lipinski definition) is 0. The van der Waals surface area contributed by atoms with Crippen LogP contribution in [0.5, 0.6) is 0 Å². The molecule has 0 aromatic carbocycles. The van der Waals surface area contributed by atoms with Gasteiger partial charge in [-0.2, -0.15) is 5.10 Å². The average molecular weight is 284 g/mol. The van der Waals surface area contributed by atoms with Gasteiger partial charge in [-0.25, -0.2) is 9.67 Å². The van der Waals surface area contributed by atoms with Crippen LogP contribution in [0.3, 0.4) is 0 Å². The highest BCUT2D eigenvalue weighted by atomic mass is 16.2. The molecule has 1 fully saturated rings. The van der Waals surface area contributed by atoms with Gasteiger partial charge in [0.15, 0.2) is 5.82 Å². The number of aromatic nitrogens is 3. The highest BCUT2D eigenvalue weighted by Crippen LogP contribution is 2.17. The zero-order chi connectivity index (χ0) is 14.5. The maximum atomic E-state index is 12.8. The molecular formula is C16H20N4O. The Morgan fingerprint density at radius 3 is 2.48 bits per heavy atom. The lowest BCUT2D eigenvalue weighted by molar-refractivity contribution is 0.0742. The first-order valence-corrected chi connectivity index (χ1v) is 7.60. The van der Waals surface area contributed by atoms with Crippen molar-refractivity contribution < 1.29 is 4.79 Å². The van der Waals surface area contributed by atoms with E-state index < -0.39 is 0 Å². The second kappa shape index (κ2) is 6.52. The Labute approximate surface area is 124 Å². The third-order valence-corrected chi connectivity index (χ3v) is 3.88. The molecule has 0 saturated carbocycles. The third-order valence-electron chi connectivity index (χ3n) is 3.88. The minimum absolute atomic E-state index is 0.0653. The highest BCUT2D eigenvalue weighted by Gasteiger charge is 2.20. The van der Waals surface area contributed by atoms with Crippen LogP contribution in [-0.4, -0.2) is 38.7 Å². The number of rotatable bonds is 2. The Bertz CT molecular complexity index is 586. The van der Waals surface area contributed by atoms with Gasteiger partial charge in [0.1, 0.15) is 0 Å². The standard InChI is InChI=1S/C16H20N4O/c21-16(19-11-4-2-1-3-5-12-19)14-8-6-9-17-15(14)20-13-7-10-18-20/h6-10,13H,1-5,11-12H2. The Kier molecular flexibility index (Phi) is 4.28. The summed E-state index contributed by atoms with van der Waals surface area (Å²) < 4.78 is 1.65. The van der Waals surface area contributed by atoms with Crippen molar-refractivity contribution in [2.45, 2.75) is 32.1 Å². The molecule has 2 aromatic heterocycles. The van der Waals surface area contributed by atoms with Crippen LogP contribution in [0.4, 0.5) is 0 Å². The fourth-order valence-electron chi connectivity index (χ4n) is 2.76. The predicted molar refractivity (Wildman–Crippen MR) is 80.3 cm³/mol. The van der Waals surface area contributed by atoms with Crippen molar-refractivity contribution in [2.24, 2.45) is 0 Å². The fourth-order valence-corrected chi connectivity index (χ4v) is 2.76. The minimum Gasteiger partial charge on any atom is -0.339 e. The summed E-state index contributed by atoms with van der Waals surface area (Å²) in [6.07, 6.45) is 11.1. The van der Waals surface area contributed by atoms with Crippen LogP contribution in [0, 0.1) is 0 Å². The van der Waals surface area contributed by atoms with Crippen molar-refractivity contribution in [1.82, 2.24) is 19.7 Å². The SMILES string of the molecule is O=C(c1cccnc1-n1cccn1)N1CCCCCCC1. The van der Waals surface area contributed by atoms with Crippen molar-refractivity contribution >= 4 is 5.91 Å². The fraction of sp³-hybridized carbons (Fsp3) is 0.438. The van der Waals surface area contributed by atoms with E-state index in [9.17, 15) is 4.79 Å². The van der Waals surface area contributed by atoms with Crippen molar-refractivity contribution in [1.29, 1.82) is 0 Å². The van der Waals surface area contributed by atoms with Gasteiger partial charge >= 0.3 is 0 Å². The first-order valence-electron chi connectivity index (χ1n) is 7.60. The van der Waals surface area contributed by atoms with E-state index in [2.05, 4.69) is 10.1 Å². The number of carbonyl (C=O) groups is 1. The van der Waals surface area contributed by atoms with E-state index in [1.807, 2.05) is 29.3 Å². The average Bonchev–Trinajstić information content (AvgIpc) is 3.00. The van der Waals surface area contributed by atoms with Crippen LogP contribution >= 0.6 is 0 Å². The molecular weight excluding hydrogens is 264 g/mol. The first-order chi connectivity index (χ1) is 10.4. The van der Waals surface area contributed by atoms with E-state index in [0.29, 0.717) is 11.4 Å². The van der Waals surface area contributed by atoms with Gasteiger partial charge in [-0.3, -0.25) is 4.79 Å². The number of amides is 1. The van der Waals surface area contributed by atoms with E-state index in [0.717, 1.165) is 25.9 Å². The molecule has 0 aliphatic carbocycles. The Morgan fingerprint density at radius 1 is 1.00 bits per heavy atom. The molecule has 1 aliphatic heterocycles. The number of carbonyl (C=O) groups excluding carboxylic acids is 1. The summed E-state index contributed by atoms with van der Waals surface area (Å²) in [6, 6.07) is 5.48. The summed E-state index contributed by atoms with van der Waals surface area (Å²) in [6.45, 7) is 1.68. The summed E-state index contributed by atoms with van der Waals surface area (Å²) in [5, 5.41) is 4.19. The van der Waals surface area contributed by atoms with Gasteiger partial charge in [0, 0.05) is 31.7 Å². The van der Waals surface area contributed by atoms with Gasteiger partial charge in [-0.05, 0) is 31.0 Å². The van der Waals surface area contributed by atoms with Crippen molar-refractivity contribution in [3.63, 3.8) is 0 Å². The molecule has 0 unspecified atom stereocenters. The second-order valence-corrected chi connectivity index (χ2v) is 5.39. The van der Waals surface area contributed by atoms with Crippen LogP contribution in [0.25, 0.3) is 5.82 Å². The normalized spacial score (nSPS) is 16.3. The molecule has 5 heteroatoms. The van der Waals surface area contributed by atoms with Crippen LogP contribution in [0.2, 0.25) is 0 Å². The molecule has 2 aromatic rings. The van der Waals surface area contributed by atoms with Gasteiger partial charge in [-0.15, -0.1) is 0 Å². The van der Waals surface area contributed by atoms with Crippen LogP contribution < -0.4 is 0 Å². The maximum Gasteiger partial charge on any atom is 0.257 e. The lowest BCUT2D eigenvalue weighted by Gasteiger charge is -2.25. The van der Waals surface area contributed by atoms with Gasteiger partial charge in [-0.1, -0.05) is 19.3 Å². The number of nitrogens with zero attached hydrogens (tertiary/aromatic N) is 4. The number of hydrogen-bond acceptors (Lipinski definition) is 3. The third kappa shape index (κ3) is 3.12. The van der Waals surface area contributed by atoms with Crippen LogP contribution in [0.1, 0.15) is 42.5 Å². The number of likely N-dealkylation sites (tertiary alicyclic amines) is 1. The molecule has 0 atom stereocenters. The Morgan fingerprint density at radius 2 is 1.76 bits per heavy atom. The molecule has 5 nitrogen and oxygen atoms in total. The zero-order valence-corrected chi connectivity index (χ0v) is 12.1. The molecule has 110 valence electrons. The monoisotopic (exact) mass is 284 g/mol.